The van der Waals surface area contributed by atoms with E-state index in [4.69, 9.17) is 16.9 Å². The Balaban J connectivity index is 2.29. The van der Waals surface area contributed by atoms with Crippen LogP contribution in [-0.4, -0.2) is 9.55 Å². The Morgan fingerprint density at radius 1 is 1.50 bits per heavy atom. The Kier molecular flexibility index (Phi) is 4.82. The first-order valence-electron chi connectivity index (χ1n) is 5.56. The summed E-state index contributed by atoms with van der Waals surface area (Å²) >= 11 is 5.75. The number of alkyl halides is 1. The molecule has 16 heavy (non-hydrogen) atoms. The zero-order chi connectivity index (χ0) is 12.0. The van der Waals surface area contributed by atoms with Crippen LogP contribution >= 0.6 is 11.6 Å². The second-order valence-electron chi connectivity index (χ2n) is 4.62. The van der Waals surface area contributed by atoms with Crippen LogP contribution < -0.4 is 0 Å². The highest BCUT2D eigenvalue weighted by molar-refractivity contribution is 6.16. The van der Waals surface area contributed by atoms with Gasteiger partial charge in [-0.3, -0.25) is 0 Å². The quantitative estimate of drug-likeness (QED) is 0.564. The lowest BCUT2D eigenvalue weighted by atomic mass is 9.89. The summed E-state index contributed by atoms with van der Waals surface area (Å²) in [5.74, 6) is 1.37. The molecule has 4 heteroatoms. The number of nitrogens with zero attached hydrogens (tertiary/aromatic N) is 3. The van der Waals surface area contributed by atoms with Crippen LogP contribution in [0.25, 0.3) is 0 Å². The third kappa shape index (κ3) is 3.86. The van der Waals surface area contributed by atoms with Gasteiger partial charge in [0.15, 0.2) is 0 Å². The van der Waals surface area contributed by atoms with Gasteiger partial charge in [0.2, 0.25) is 0 Å². The molecule has 0 fully saturated rings. The lowest BCUT2D eigenvalue weighted by molar-refractivity contribution is 0.416. The summed E-state index contributed by atoms with van der Waals surface area (Å²) in [6.07, 6.45) is 6.78. The average molecular weight is 240 g/mol. The molecule has 0 saturated heterocycles. The molecule has 1 rings (SSSR count). The van der Waals surface area contributed by atoms with Crippen molar-refractivity contribution in [1.82, 2.24) is 9.55 Å². The largest absolute Gasteiger partial charge is 0.334 e. The van der Waals surface area contributed by atoms with E-state index >= 15 is 0 Å². The zero-order valence-corrected chi connectivity index (χ0v) is 10.7. The third-order valence-corrected chi connectivity index (χ3v) is 2.91. The summed E-state index contributed by atoms with van der Waals surface area (Å²) in [6, 6.07) is 2.32. The number of aryl methyl sites for hydroxylation is 1. The van der Waals surface area contributed by atoms with Gasteiger partial charge in [0.1, 0.15) is 5.82 Å². The fourth-order valence-electron chi connectivity index (χ4n) is 1.58. The van der Waals surface area contributed by atoms with E-state index in [0.29, 0.717) is 5.88 Å². The van der Waals surface area contributed by atoms with Gasteiger partial charge in [-0.15, -0.1) is 11.6 Å². The van der Waals surface area contributed by atoms with Crippen LogP contribution in [0.2, 0.25) is 0 Å². The molecule has 0 aliphatic rings. The Morgan fingerprint density at radius 3 is 2.88 bits per heavy atom. The SMILES string of the molecule is CC(C)(C#N)CCCCn1ccnc1CCl. The topological polar surface area (TPSA) is 41.6 Å². The molecule has 1 aromatic rings. The minimum absolute atomic E-state index is 0.204. The monoisotopic (exact) mass is 239 g/mol. The maximum absolute atomic E-state index is 8.88. The van der Waals surface area contributed by atoms with Crippen molar-refractivity contribution < 1.29 is 0 Å². The van der Waals surface area contributed by atoms with Gasteiger partial charge in [-0.05, 0) is 26.7 Å². The van der Waals surface area contributed by atoms with Gasteiger partial charge in [0.05, 0.1) is 17.4 Å². The summed E-state index contributed by atoms with van der Waals surface area (Å²) < 4.78 is 2.08. The lowest BCUT2D eigenvalue weighted by Crippen LogP contribution is -2.08. The summed E-state index contributed by atoms with van der Waals surface area (Å²) in [5.41, 5.74) is -0.204. The molecule has 0 aliphatic carbocycles. The highest BCUT2D eigenvalue weighted by Crippen LogP contribution is 2.21. The van der Waals surface area contributed by atoms with Gasteiger partial charge in [0, 0.05) is 18.9 Å². The molecule has 0 saturated carbocycles. The fraction of sp³-hybridized carbons (Fsp3) is 0.667. The Bertz CT molecular complexity index is 363. The van der Waals surface area contributed by atoms with Crippen LogP contribution in [0.3, 0.4) is 0 Å². The molecule has 0 aromatic carbocycles. The van der Waals surface area contributed by atoms with Crippen LogP contribution in [0.15, 0.2) is 12.4 Å². The van der Waals surface area contributed by atoms with E-state index in [1.807, 2.05) is 20.0 Å². The number of unbranched alkanes of at least 4 members (excludes halogenated alkanes) is 1. The van der Waals surface area contributed by atoms with Crippen LogP contribution in [-0.2, 0) is 12.4 Å². The number of nitriles is 1. The molecule has 0 atom stereocenters. The van der Waals surface area contributed by atoms with Crippen molar-refractivity contribution in [3.05, 3.63) is 18.2 Å². The molecule has 0 amide bonds. The molecule has 3 nitrogen and oxygen atoms in total. The van der Waals surface area contributed by atoms with E-state index in [1.165, 1.54) is 0 Å². The van der Waals surface area contributed by atoms with E-state index in [-0.39, 0.29) is 5.41 Å². The van der Waals surface area contributed by atoms with Crippen molar-refractivity contribution in [1.29, 1.82) is 5.26 Å². The second-order valence-corrected chi connectivity index (χ2v) is 4.89. The highest BCUT2D eigenvalue weighted by Gasteiger charge is 2.15. The first-order valence-corrected chi connectivity index (χ1v) is 6.10. The molecule has 0 spiro atoms. The third-order valence-electron chi connectivity index (χ3n) is 2.67. The van der Waals surface area contributed by atoms with Crippen LogP contribution in [0.4, 0.5) is 0 Å². The average Bonchev–Trinajstić information content (AvgIpc) is 2.72. The number of hydrogen-bond donors (Lipinski definition) is 0. The Labute approximate surface area is 102 Å². The van der Waals surface area contributed by atoms with Crippen molar-refractivity contribution in [2.24, 2.45) is 5.41 Å². The molecular formula is C12H18ClN3. The van der Waals surface area contributed by atoms with E-state index in [1.54, 1.807) is 6.20 Å². The zero-order valence-electron chi connectivity index (χ0n) is 9.91. The fourth-order valence-corrected chi connectivity index (χ4v) is 1.80. The van der Waals surface area contributed by atoms with Gasteiger partial charge in [-0.25, -0.2) is 4.98 Å². The molecule has 0 radical (unpaired) electrons. The maximum Gasteiger partial charge on any atom is 0.123 e. The van der Waals surface area contributed by atoms with E-state index in [0.717, 1.165) is 31.6 Å². The summed E-state index contributed by atoms with van der Waals surface area (Å²) in [4.78, 5) is 4.16. The van der Waals surface area contributed by atoms with Gasteiger partial charge < -0.3 is 4.57 Å². The molecule has 0 unspecified atom stereocenters. The summed E-state index contributed by atoms with van der Waals surface area (Å²) in [7, 11) is 0. The maximum atomic E-state index is 8.88. The second kappa shape index (κ2) is 5.91. The minimum atomic E-state index is -0.204. The van der Waals surface area contributed by atoms with Crippen molar-refractivity contribution in [3.63, 3.8) is 0 Å². The molecule has 1 heterocycles. The highest BCUT2D eigenvalue weighted by atomic mass is 35.5. The molecule has 0 bridgehead atoms. The predicted molar refractivity (Wildman–Crippen MR) is 65.0 cm³/mol. The van der Waals surface area contributed by atoms with Crippen molar-refractivity contribution in [2.45, 2.75) is 45.5 Å². The van der Waals surface area contributed by atoms with Crippen LogP contribution in [0, 0.1) is 16.7 Å². The molecule has 0 N–H and O–H groups in total. The van der Waals surface area contributed by atoms with Crippen LogP contribution in [0.5, 0.6) is 0 Å². The van der Waals surface area contributed by atoms with Gasteiger partial charge in [-0.2, -0.15) is 5.26 Å². The summed E-state index contributed by atoms with van der Waals surface area (Å²) in [6.45, 7) is 4.90. The first kappa shape index (κ1) is 13.1. The molecule has 0 aliphatic heterocycles. The summed E-state index contributed by atoms with van der Waals surface area (Å²) in [5, 5.41) is 8.88. The van der Waals surface area contributed by atoms with Crippen molar-refractivity contribution >= 4 is 11.6 Å². The molecular weight excluding hydrogens is 222 g/mol. The van der Waals surface area contributed by atoms with E-state index < -0.39 is 0 Å². The van der Waals surface area contributed by atoms with E-state index in [9.17, 15) is 0 Å². The van der Waals surface area contributed by atoms with E-state index in [2.05, 4.69) is 15.6 Å². The van der Waals surface area contributed by atoms with Crippen LogP contribution in [0.1, 0.15) is 38.9 Å². The number of imidazole rings is 1. The molecule has 88 valence electrons. The normalized spacial score (nSPS) is 11.4. The lowest BCUT2D eigenvalue weighted by Gasteiger charge is -2.14. The predicted octanol–water partition coefficient (Wildman–Crippen LogP) is 3.34. The van der Waals surface area contributed by atoms with Gasteiger partial charge in [0.25, 0.3) is 0 Å². The van der Waals surface area contributed by atoms with Crippen molar-refractivity contribution in [2.75, 3.05) is 0 Å². The van der Waals surface area contributed by atoms with Gasteiger partial charge >= 0.3 is 0 Å². The number of hydrogen-bond acceptors (Lipinski definition) is 2. The Morgan fingerprint density at radius 2 is 2.25 bits per heavy atom. The first-order chi connectivity index (χ1) is 7.59. The Hall–Kier alpha value is -1.01. The number of aromatic nitrogens is 2. The standard InChI is InChI=1S/C12H18ClN3/c1-12(2,10-14)5-3-4-7-16-8-6-15-11(16)9-13/h6,8H,3-5,7,9H2,1-2H3. The smallest absolute Gasteiger partial charge is 0.123 e. The molecule has 1 aromatic heterocycles. The minimum Gasteiger partial charge on any atom is -0.334 e. The van der Waals surface area contributed by atoms with Crippen molar-refractivity contribution in [3.8, 4) is 6.07 Å². The number of rotatable bonds is 6. The van der Waals surface area contributed by atoms with Gasteiger partial charge in [-0.1, -0.05) is 6.42 Å². The number of halogens is 1.